The van der Waals surface area contributed by atoms with Gasteiger partial charge in [0.25, 0.3) is 5.91 Å². The molecule has 0 unspecified atom stereocenters. The topological polar surface area (TPSA) is 73.9 Å². The average Bonchev–Trinajstić information content (AvgIpc) is 2.89. The number of hydrogen-bond donors (Lipinski definition) is 2. The SMILES string of the molecule is CC(C)(C)CN1CCC(NC(=O)c2n[nH]c(C(C)(C)C)n2)CC1. The van der Waals surface area contributed by atoms with Gasteiger partial charge in [-0.3, -0.25) is 9.89 Å². The van der Waals surface area contributed by atoms with E-state index in [1.54, 1.807) is 0 Å². The Labute approximate surface area is 139 Å². The summed E-state index contributed by atoms with van der Waals surface area (Å²) in [6, 6.07) is 0.218. The number of carbonyl (C=O) groups is 1. The molecule has 1 aliphatic rings. The van der Waals surface area contributed by atoms with E-state index in [1.807, 2.05) is 20.8 Å². The van der Waals surface area contributed by atoms with Crippen molar-refractivity contribution in [1.82, 2.24) is 25.4 Å². The second-order valence-electron chi connectivity index (χ2n) is 8.84. The van der Waals surface area contributed by atoms with E-state index in [4.69, 9.17) is 0 Å². The van der Waals surface area contributed by atoms with Crippen molar-refractivity contribution < 1.29 is 4.79 Å². The average molecular weight is 321 g/mol. The van der Waals surface area contributed by atoms with E-state index in [2.05, 4.69) is 46.2 Å². The van der Waals surface area contributed by atoms with Gasteiger partial charge in [0.1, 0.15) is 5.82 Å². The second kappa shape index (κ2) is 6.59. The van der Waals surface area contributed by atoms with Gasteiger partial charge in [0.05, 0.1) is 0 Å². The molecule has 23 heavy (non-hydrogen) atoms. The van der Waals surface area contributed by atoms with Gasteiger partial charge in [-0.25, -0.2) is 4.98 Å². The number of amides is 1. The predicted octanol–water partition coefficient (Wildman–Crippen LogP) is 2.34. The highest BCUT2D eigenvalue weighted by Crippen LogP contribution is 2.20. The van der Waals surface area contributed by atoms with Gasteiger partial charge in [0, 0.05) is 31.1 Å². The molecule has 130 valence electrons. The Morgan fingerprint density at radius 1 is 1.22 bits per heavy atom. The zero-order chi connectivity index (χ0) is 17.3. The number of nitrogens with one attached hydrogen (secondary N) is 2. The molecule has 0 radical (unpaired) electrons. The van der Waals surface area contributed by atoms with Gasteiger partial charge in [-0.2, -0.15) is 0 Å². The van der Waals surface area contributed by atoms with Crippen LogP contribution >= 0.6 is 0 Å². The first-order valence-corrected chi connectivity index (χ1v) is 8.51. The van der Waals surface area contributed by atoms with Crippen LogP contribution in [0, 0.1) is 5.41 Å². The molecule has 1 aromatic heterocycles. The third-order valence-corrected chi connectivity index (χ3v) is 4.02. The van der Waals surface area contributed by atoms with Gasteiger partial charge in [-0.15, -0.1) is 5.10 Å². The number of rotatable bonds is 3. The molecule has 1 aliphatic heterocycles. The minimum atomic E-state index is -0.175. The molecule has 1 saturated heterocycles. The summed E-state index contributed by atoms with van der Waals surface area (Å²) in [5, 5.41) is 9.99. The molecule has 0 atom stereocenters. The molecule has 0 saturated carbocycles. The van der Waals surface area contributed by atoms with Gasteiger partial charge in [0.15, 0.2) is 0 Å². The van der Waals surface area contributed by atoms with Crippen LogP contribution in [0.2, 0.25) is 0 Å². The lowest BCUT2D eigenvalue weighted by Gasteiger charge is -2.36. The minimum absolute atomic E-state index is 0.135. The van der Waals surface area contributed by atoms with Gasteiger partial charge in [-0.05, 0) is 18.3 Å². The van der Waals surface area contributed by atoms with E-state index in [1.165, 1.54) is 0 Å². The van der Waals surface area contributed by atoms with Crippen molar-refractivity contribution in [2.45, 2.75) is 65.8 Å². The summed E-state index contributed by atoms with van der Waals surface area (Å²) in [6.45, 7) is 16.1. The van der Waals surface area contributed by atoms with Crippen LogP contribution in [-0.4, -0.2) is 51.7 Å². The van der Waals surface area contributed by atoms with E-state index in [0.717, 1.165) is 38.3 Å². The standard InChI is InChI=1S/C17H31N5O/c1-16(2,3)11-22-9-7-12(8-10-22)18-14(23)13-19-15(21-20-13)17(4,5)6/h12H,7-11H2,1-6H3,(H,18,23)(H,19,20,21). The number of H-pyrrole nitrogens is 1. The fraction of sp³-hybridized carbons (Fsp3) is 0.824. The Kier molecular flexibility index (Phi) is 5.14. The summed E-state index contributed by atoms with van der Waals surface area (Å²) in [7, 11) is 0. The van der Waals surface area contributed by atoms with E-state index >= 15 is 0 Å². The maximum atomic E-state index is 12.3. The third kappa shape index (κ3) is 5.30. The smallest absolute Gasteiger partial charge is 0.291 e. The maximum absolute atomic E-state index is 12.3. The lowest BCUT2D eigenvalue weighted by atomic mass is 9.94. The molecule has 0 aliphatic carbocycles. The van der Waals surface area contributed by atoms with Crippen LogP contribution < -0.4 is 5.32 Å². The van der Waals surface area contributed by atoms with Gasteiger partial charge < -0.3 is 10.2 Å². The molecule has 1 aromatic rings. The monoisotopic (exact) mass is 321 g/mol. The Morgan fingerprint density at radius 3 is 2.30 bits per heavy atom. The van der Waals surface area contributed by atoms with Crippen LogP contribution in [0.25, 0.3) is 0 Å². The van der Waals surface area contributed by atoms with Crippen LogP contribution in [0.3, 0.4) is 0 Å². The molecule has 2 heterocycles. The number of aromatic nitrogens is 3. The van der Waals surface area contributed by atoms with Crippen molar-refractivity contribution in [1.29, 1.82) is 0 Å². The van der Waals surface area contributed by atoms with Crippen molar-refractivity contribution in [3.8, 4) is 0 Å². The van der Waals surface area contributed by atoms with Crippen molar-refractivity contribution >= 4 is 5.91 Å². The molecule has 1 fully saturated rings. The summed E-state index contributed by atoms with van der Waals surface area (Å²) < 4.78 is 0. The molecule has 2 N–H and O–H groups in total. The van der Waals surface area contributed by atoms with Crippen molar-refractivity contribution in [2.24, 2.45) is 5.41 Å². The van der Waals surface area contributed by atoms with Crippen molar-refractivity contribution in [3.05, 3.63) is 11.6 Å². The Balaban J connectivity index is 1.84. The van der Waals surface area contributed by atoms with E-state index in [0.29, 0.717) is 5.41 Å². The molecule has 2 rings (SSSR count). The Bertz CT molecular complexity index is 530. The van der Waals surface area contributed by atoms with Crippen LogP contribution in [0.5, 0.6) is 0 Å². The lowest BCUT2D eigenvalue weighted by molar-refractivity contribution is 0.0886. The molecule has 1 amide bonds. The Morgan fingerprint density at radius 2 is 1.83 bits per heavy atom. The summed E-state index contributed by atoms with van der Waals surface area (Å²) in [5.41, 5.74) is 0.183. The fourth-order valence-electron chi connectivity index (χ4n) is 2.85. The lowest BCUT2D eigenvalue weighted by Crippen LogP contribution is -2.46. The summed E-state index contributed by atoms with van der Waals surface area (Å²) in [4.78, 5) is 19.1. The first kappa shape index (κ1) is 17.9. The Hall–Kier alpha value is -1.43. The molecule has 6 heteroatoms. The molecular weight excluding hydrogens is 290 g/mol. The highest BCUT2D eigenvalue weighted by Gasteiger charge is 2.26. The summed E-state index contributed by atoms with van der Waals surface area (Å²) >= 11 is 0. The number of likely N-dealkylation sites (tertiary alicyclic amines) is 1. The highest BCUT2D eigenvalue weighted by molar-refractivity contribution is 5.90. The fourth-order valence-corrected chi connectivity index (χ4v) is 2.85. The van der Waals surface area contributed by atoms with Gasteiger partial charge >= 0.3 is 0 Å². The second-order valence-corrected chi connectivity index (χ2v) is 8.84. The normalized spacial score (nSPS) is 18.2. The largest absolute Gasteiger partial charge is 0.346 e. The zero-order valence-electron chi connectivity index (χ0n) is 15.4. The number of piperidine rings is 1. The number of nitrogens with zero attached hydrogens (tertiary/aromatic N) is 3. The minimum Gasteiger partial charge on any atom is -0.346 e. The molecule has 6 nitrogen and oxygen atoms in total. The van der Waals surface area contributed by atoms with Crippen LogP contribution in [-0.2, 0) is 5.41 Å². The quantitative estimate of drug-likeness (QED) is 0.896. The maximum Gasteiger partial charge on any atom is 0.291 e. The summed E-state index contributed by atoms with van der Waals surface area (Å²) in [5.74, 6) is 0.806. The molecular formula is C17H31N5O. The van der Waals surface area contributed by atoms with Crippen LogP contribution in [0.1, 0.15) is 70.8 Å². The third-order valence-electron chi connectivity index (χ3n) is 4.02. The molecule has 0 spiro atoms. The van der Waals surface area contributed by atoms with Crippen molar-refractivity contribution in [2.75, 3.05) is 19.6 Å². The van der Waals surface area contributed by atoms with E-state index in [-0.39, 0.29) is 23.2 Å². The molecule has 0 aromatic carbocycles. The number of hydrogen-bond acceptors (Lipinski definition) is 4. The zero-order valence-corrected chi connectivity index (χ0v) is 15.4. The first-order valence-electron chi connectivity index (χ1n) is 8.51. The number of carbonyl (C=O) groups excluding carboxylic acids is 1. The predicted molar refractivity (Wildman–Crippen MR) is 91.5 cm³/mol. The van der Waals surface area contributed by atoms with Crippen LogP contribution in [0.4, 0.5) is 0 Å². The van der Waals surface area contributed by atoms with Gasteiger partial charge in [0.2, 0.25) is 5.82 Å². The highest BCUT2D eigenvalue weighted by atomic mass is 16.2. The number of aromatic amines is 1. The van der Waals surface area contributed by atoms with E-state index < -0.39 is 0 Å². The van der Waals surface area contributed by atoms with Crippen molar-refractivity contribution in [3.63, 3.8) is 0 Å². The molecule has 0 bridgehead atoms. The van der Waals surface area contributed by atoms with Gasteiger partial charge in [-0.1, -0.05) is 41.5 Å². The van der Waals surface area contributed by atoms with E-state index in [9.17, 15) is 4.79 Å². The van der Waals surface area contributed by atoms with Crippen LogP contribution in [0.15, 0.2) is 0 Å². The first-order chi connectivity index (χ1) is 10.5. The summed E-state index contributed by atoms with van der Waals surface area (Å²) in [6.07, 6.45) is 1.97.